The van der Waals surface area contributed by atoms with Gasteiger partial charge in [0.1, 0.15) is 0 Å². The van der Waals surface area contributed by atoms with Gasteiger partial charge in [0, 0.05) is 5.41 Å². The maximum atomic E-state index is 10.9. The third-order valence-electron chi connectivity index (χ3n) is 5.62. The van der Waals surface area contributed by atoms with Crippen molar-refractivity contribution in [2.24, 2.45) is 17.3 Å². The molecular formula is C13H23NO2. The summed E-state index contributed by atoms with van der Waals surface area (Å²) in [5.41, 5.74) is -0.773. The maximum absolute atomic E-state index is 10.9. The monoisotopic (exact) mass is 225 g/mol. The highest BCUT2D eigenvalue weighted by atomic mass is 16.3. The number of nitrogens with one attached hydrogen (secondary N) is 1. The average Bonchev–Trinajstić information content (AvgIpc) is 2.90. The minimum absolute atomic E-state index is 0.169. The van der Waals surface area contributed by atoms with Gasteiger partial charge in [-0.2, -0.15) is 0 Å². The van der Waals surface area contributed by atoms with Gasteiger partial charge >= 0.3 is 0 Å². The van der Waals surface area contributed by atoms with E-state index in [0.717, 1.165) is 38.3 Å². The predicted octanol–water partition coefficient (Wildman–Crippen LogP) is 0.900. The Labute approximate surface area is 97.2 Å². The van der Waals surface area contributed by atoms with Gasteiger partial charge in [0.15, 0.2) is 0 Å². The molecule has 2 aliphatic carbocycles. The van der Waals surface area contributed by atoms with E-state index in [2.05, 4.69) is 5.32 Å². The van der Waals surface area contributed by atoms with E-state index in [-0.39, 0.29) is 12.0 Å². The van der Waals surface area contributed by atoms with Gasteiger partial charge in [-0.1, -0.05) is 6.42 Å². The van der Waals surface area contributed by atoms with Crippen LogP contribution in [0.1, 0.15) is 38.5 Å². The molecule has 0 radical (unpaired) electrons. The fraction of sp³-hybridized carbons (Fsp3) is 1.00. The second kappa shape index (κ2) is 3.69. The first-order valence-electron chi connectivity index (χ1n) is 6.74. The topological polar surface area (TPSA) is 52.5 Å². The van der Waals surface area contributed by atoms with E-state index < -0.39 is 5.60 Å². The summed E-state index contributed by atoms with van der Waals surface area (Å²) in [4.78, 5) is 0. The van der Waals surface area contributed by atoms with E-state index in [9.17, 15) is 10.2 Å². The van der Waals surface area contributed by atoms with Crippen LogP contribution in [0.4, 0.5) is 0 Å². The lowest BCUT2D eigenvalue weighted by Gasteiger charge is -2.51. The number of hydrogen-bond donors (Lipinski definition) is 3. The van der Waals surface area contributed by atoms with Crippen LogP contribution in [0, 0.1) is 17.3 Å². The van der Waals surface area contributed by atoms with Gasteiger partial charge in [-0.3, -0.25) is 0 Å². The first kappa shape index (κ1) is 11.0. The average molecular weight is 225 g/mol. The number of aliphatic hydroxyl groups is 2. The molecule has 1 aliphatic heterocycles. The summed E-state index contributed by atoms with van der Waals surface area (Å²) in [5.74, 6) is 1.35. The van der Waals surface area contributed by atoms with Crippen molar-refractivity contribution in [3.63, 3.8) is 0 Å². The van der Waals surface area contributed by atoms with Crippen LogP contribution in [0.25, 0.3) is 0 Å². The molecule has 3 nitrogen and oxygen atoms in total. The Bertz CT molecular complexity index is 275. The summed E-state index contributed by atoms with van der Waals surface area (Å²) >= 11 is 0. The molecule has 2 saturated carbocycles. The van der Waals surface area contributed by atoms with Crippen LogP contribution in [-0.4, -0.2) is 35.5 Å². The molecule has 92 valence electrons. The SMILES string of the molecule is OCC1(C2(O)CCNCC2)CC2CCC1C2. The van der Waals surface area contributed by atoms with Gasteiger partial charge in [0.05, 0.1) is 12.2 Å². The molecule has 3 fully saturated rings. The number of piperidine rings is 1. The summed E-state index contributed by atoms with van der Waals surface area (Å²) < 4.78 is 0. The molecule has 0 amide bonds. The minimum atomic E-state index is -0.604. The highest BCUT2D eigenvalue weighted by Gasteiger charge is 2.60. The fourth-order valence-corrected chi connectivity index (χ4v) is 4.69. The first-order chi connectivity index (χ1) is 7.70. The molecule has 3 rings (SSSR count). The Morgan fingerprint density at radius 1 is 1.19 bits per heavy atom. The number of hydrogen-bond acceptors (Lipinski definition) is 3. The van der Waals surface area contributed by atoms with E-state index in [1.54, 1.807) is 0 Å². The highest BCUT2D eigenvalue weighted by Crippen LogP contribution is 2.61. The molecule has 3 N–H and O–H groups in total. The Hall–Kier alpha value is -0.120. The number of aliphatic hydroxyl groups excluding tert-OH is 1. The lowest BCUT2D eigenvalue weighted by Crippen LogP contribution is -2.58. The Morgan fingerprint density at radius 3 is 2.44 bits per heavy atom. The third-order valence-corrected chi connectivity index (χ3v) is 5.62. The molecule has 0 aromatic carbocycles. The van der Waals surface area contributed by atoms with Crippen molar-refractivity contribution in [2.75, 3.05) is 19.7 Å². The predicted molar refractivity (Wildman–Crippen MR) is 62.0 cm³/mol. The molecular weight excluding hydrogens is 202 g/mol. The summed E-state index contributed by atoms with van der Waals surface area (Å²) in [6, 6.07) is 0. The Kier molecular flexibility index (Phi) is 2.54. The van der Waals surface area contributed by atoms with Crippen molar-refractivity contribution in [2.45, 2.75) is 44.1 Å². The quantitative estimate of drug-likeness (QED) is 0.654. The molecule has 3 heteroatoms. The minimum Gasteiger partial charge on any atom is -0.396 e. The molecule has 16 heavy (non-hydrogen) atoms. The summed E-state index contributed by atoms with van der Waals surface area (Å²) in [5, 5.41) is 24.1. The van der Waals surface area contributed by atoms with Gasteiger partial charge in [0.25, 0.3) is 0 Å². The largest absolute Gasteiger partial charge is 0.396 e. The maximum Gasteiger partial charge on any atom is 0.0752 e. The molecule has 0 spiro atoms. The van der Waals surface area contributed by atoms with E-state index in [4.69, 9.17) is 0 Å². The van der Waals surface area contributed by atoms with Crippen LogP contribution in [0.3, 0.4) is 0 Å². The molecule has 0 aromatic rings. The molecule has 1 saturated heterocycles. The zero-order valence-electron chi connectivity index (χ0n) is 9.91. The van der Waals surface area contributed by atoms with E-state index in [1.807, 2.05) is 0 Å². The molecule has 3 aliphatic rings. The lowest BCUT2D eigenvalue weighted by molar-refractivity contribution is -0.152. The molecule has 0 aromatic heterocycles. The van der Waals surface area contributed by atoms with Crippen LogP contribution in [0.2, 0.25) is 0 Å². The van der Waals surface area contributed by atoms with Gasteiger partial charge in [-0.15, -0.1) is 0 Å². The van der Waals surface area contributed by atoms with Crippen LogP contribution in [-0.2, 0) is 0 Å². The zero-order valence-corrected chi connectivity index (χ0v) is 9.91. The van der Waals surface area contributed by atoms with Crippen molar-refractivity contribution >= 4 is 0 Å². The molecule has 2 bridgehead atoms. The Morgan fingerprint density at radius 2 is 1.94 bits per heavy atom. The summed E-state index contributed by atoms with van der Waals surface area (Å²) in [6.45, 7) is 1.98. The first-order valence-corrected chi connectivity index (χ1v) is 6.74. The fourth-order valence-electron chi connectivity index (χ4n) is 4.69. The molecule has 3 atom stereocenters. The van der Waals surface area contributed by atoms with E-state index in [1.165, 1.54) is 19.3 Å². The summed E-state index contributed by atoms with van der Waals surface area (Å²) in [7, 11) is 0. The Balaban J connectivity index is 1.89. The van der Waals surface area contributed by atoms with E-state index >= 15 is 0 Å². The van der Waals surface area contributed by atoms with Gasteiger partial charge < -0.3 is 15.5 Å². The standard InChI is InChI=1S/C13H23NO2/c15-9-12(8-10-1-2-11(12)7-10)13(16)3-5-14-6-4-13/h10-11,14-16H,1-9H2. The van der Waals surface area contributed by atoms with Gasteiger partial charge in [-0.05, 0) is 57.0 Å². The third kappa shape index (κ3) is 1.31. The normalized spacial score (nSPS) is 46.1. The van der Waals surface area contributed by atoms with Crippen molar-refractivity contribution in [3.05, 3.63) is 0 Å². The highest BCUT2D eigenvalue weighted by molar-refractivity contribution is 5.11. The van der Waals surface area contributed by atoms with Crippen LogP contribution < -0.4 is 5.32 Å². The van der Waals surface area contributed by atoms with Gasteiger partial charge in [-0.25, -0.2) is 0 Å². The van der Waals surface area contributed by atoms with Crippen molar-refractivity contribution in [1.29, 1.82) is 0 Å². The smallest absolute Gasteiger partial charge is 0.0752 e. The second-order valence-electron chi connectivity index (χ2n) is 6.18. The zero-order chi connectivity index (χ0) is 11.2. The second-order valence-corrected chi connectivity index (χ2v) is 6.18. The van der Waals surface area contributed by atoms with Crippen LogP contribution in [0.5, 0.6) is 0 Å². The molecule has 1 heterocycles. The van der Waals surface area contributed by atoms with Gasteiger partial charge in [0.2, 0.25) is 0 Å². The number of rotatable bonds is 2. The van der Waals surface area contributed by atoms with Crippen molar-refractivity contribution in [1.82, 2.24) is 5.32 Å². The lowest BCUT2D eigenvalue weighted by atomic mass is 9.60. The van der Waals surface area contributed by atoms with Crippen molar-refractivity contribution in [3.8, 4) is 0 Å². The van der Waals surface area contributed by atoms with Crippen LogP contribution in [0.15, 0.2) is 0 Å². The van der Waals surface area contributed by atoms with Crippen molar-refractivity contribution < 1.29 is 10.2 Å². The van der Waals surface area contributed by atoms with Crippen LogP contribution >= 0.6 is 0 Å². The van der Waals surface area contributed by atoms with E-state index in [0.29, 0.717) is 5.92 Å². The summed E-state index contributed by atoms with van der Waals surface area (Å²) in [6.07, 6.45) is 6.48. The molecule has 3 unspecified atom stereocenters. The number of fused-ring (bicyclic) bond motifs is 2.